The molecule has 0 aromatic heterocycles. The van der Waals surface area contributed by atoms with Crippen LogP contribution >= 0.6 is 12.4 Å². The normalized spacial score (nSPS) is 13.9. The van der Waals surface area contributed by atoms with E-state index in [9.17, 15) is 18.0 Å². The van der Waals surface area contributed by atoms with E-state index >= 15 is 0 Å². The molecule has 0 aliphatic heterocycles. The molecule has 0 radical (unpaired) electrons. The van der Waals surface area contributed by atoms with Crippen molar-refractivity contribution in [2.45, 2.75) is 31.7 Å². The van der Waals surface area contributed by atoms with Crippen molar-refractivity contribution in [2.75, 3.05) is 13.7 Å². The van der Waals surface area contributed by atoms with Crippen LogP contribution in [0.5, 0.6) is 0 Å². The molecule has 0 saturated carbocycles. The minimum atomic E-state index is -4.40. The van der Waals surface area contributed by atoms with Crippen LogP contribution in [-0.4, -0.2) is 25.7 Å². The molecular formula is C14H20ClF3N2O2. The number of hydrogen-bond donors (Lipinski definition) is 2. The van der Waals surface area contributed by atoms with E-state index in [1.54, 1.807) is 6.92 Å². The van der Waals surface area contributed by atoms with Gasteiger partial charge in [0.15, 0.2) is 0 Å². The highest BCUT2D eigenvalue weighted by molar-refractivity contribution is 5.85. The molecule has 3 N–H and O–H groups in total. The van der Waals surface area contributed by atoms with Crippen LogP contribution in [0.15, 0.2) is 24.3 Å². The predicted molar refractivity (Wildman–Crippen MR) is 79.7 cm³/mol. The summed E-state index contributed by atoms with van der Waals surface area (Å²) in [6.45, 7) is 1.82. The number of rotatable bonds is 6. The second kappa shape index (κ2) is 8.97. The Morgan fingerprint density at radius 2 is 2.05 bits per heavy atom. The van der Waals surface area contributed by atoms with Gasteiger partial charge in [-0.15, -0.1) is 12.4 Å². The average Bonchev–Trinajstić information content (AvgIpc) is 2.43. The van der Waals surface area contributed by atoms with Crippen LogP contribution in [-0.2, 0) is 15.7 Å². The van der Waals surface area contributed by atoms with Crippen molar-refractivity contribution in [3.05, 3.63) is 35.4 Å². The van der Waals surface area contributed by atoms with Gasteiger partial charge in [-0.25, -0.2) is 0 Å². The molecule has 2 unspecified atom stereocenters. The van der Waals surface area contributed by atoms with Gasteiger partial charge in [0.05, 0.1) is 24.1 Å². The first-order chi connectivity index (χ1) is 9.77. The van der Waals surface area contributed by atoms with Gasteiger partial charge in [0.1, 0.15) is 0 Å². The number of ether oxygens (including phenoxy) is 1. The van der Waals surface area contributed by atoms with Gasteiger partial charge in [0, 0.05) is 13.7 Å². The summed E-state index contributed by atoms with van der Waals surface area (Å²) in [5, 5.41) is 2.63. The molecule has 1 amide bonds. The zero-order valence-corrected chi connectivity index (χ0v) is 13.1. The standard InChI is InChI=1S/C14H19F3N2O2.ClH/c1-9(19-13(20)7-12(8-18)21-2)10-4-3-5-11(6-10)14(15,16)17;/h3-6,9,12H,7-8,18H2,1-2H3,(H,19,20);1H. The summed E-state index contributed by atoms with van der Waals surface area (Å²) in [6.07, 6.45) is -4.74. The fourth-order valence-electron chi connectivity index (χ4n) is 1.84. The molecule has 0 bridgehead atoms. The molecule has 0 spiro atoms. The summed E-state index contributed by atoms with van der Waals surface area (Å²) in [6, 6.07) is 4.35. The van der Waals surface area contributed by atoms with Crippen molar-refractivity contribution >= 4 is 18.3 Å². The number of nitrogens with one attached hydrogen (secondary N) is 1. The number of halogens is 4. The van der Waals surface area contributed by atoms with E-state index in [1.807, 2.05) is 0 Å². The Hall–Kier alpha value is -1.31. The highest BCUT2D eigenvalue weighted by atomic mass is 35.5. The van der Waals surface area contributed by atoms with Crippen LogP contribution in [0, 0.1) is 0 Å². The molecule has 0 fully saturated rings. The van der Waals surface area contributed by atoms with E-state index in [1.165, 1.54) is 19.2 Å². The Kier molecular flexibility index (Phi) is 8.44. The van der Waals surface area contributed by atoms with Gasteiger partial charge in [-0.3, -0.25) is 4.79 Å². The molecule has 0 heterocycles. The minimum Gasteiger partial charge on any atom is -0.380 e. The number of carbonyl (C=O) groups is 1. The number of nitrogens with two attached hydrogens (primary N) is 1. The first kappa shape index (κ1) is 20.7. The lowest BCUT2D eigenvalue weighted by molar-refractivity contribution is -0.137. The molecule has 1 aromatic rings. The summed E-state index contributed by atoms with van der Waals surface area (Å²) < 4.78 is 42.9. The van der Waals surface area contributed by atoms with Crippen molar-refractivity contribution < 1.29 is 22.7 Å². The second-order valence-electron chi connectivity index (χ2n) is 4.71. The van der Waals surface area contributed by atoms with Gasteiger partial charge in [0.25, 0.3) is 0 Å². The Morgan fingerprint density at radius 1 is 1.41 bits per heavy atom. The Labute approximate surface area is 133 Å². The molecule has 2 atom stereocenters. The van der Waals surface area contributed by atoms with Crippen LogP contribution in [0.2, 0.25) is 0 Å². The van der Waals surface area contributed by atoms with Gasteiger partial charge in [0.2, 0.25) is 5.91 Å². The first-order valence-corrected chi connectivity index (χ1v) is 6.47. The lowest BCUT2D eigenvalue weighted by atomic mass is 10.0. The van der Waals surface area contributed by atoms with Crippen molar-refractivity contribution in [3.8, 4) is 0 Å². The Balaban J connectivity index is 0.00000441. The predicted octanol–water partition coefficient (Wildman–Crippen LogP) is 2.67. The van der Waals surface area contributed by atoms with Crippen LogP contribution in [0.1, 0.15) is 30.5 Å². The molecule has 0 aliphatic carbocycles. The Morgan fingerprint density at radius 3 is 2.55 bits per heavy atom. The lowest BCUT2D eigenvalue weighted by Crippen LogP contribution is -2.33. The zero-order valence-electron chi connectivity index (χ0n) is 12.3. The third-order valence-corrected chi connectivity index (χ3v) is 3.10. The van der Waals surface area contributed by atoms with Crippen molar-refractivity contribution in [1.29, 1.82) is 0 Å². The van der Waals surface area contributed by atoms with Crippen molar-refractivity contribution in [3.63, 3.8) is 0 Å². The maximum atomic E-state index is 12.6. The van der Waals surface area contributed by atoms with E-state index in [4.69, 9.17) is 10.5 Å². The summed E-state index contributed by atoms with van der Waals surface area (Å²) in [4.78, 5) is 11.8. The summed E-state index contributed by atoms with van der Waals surface area (Å²) >= 11 is 0. The van der Waals surface area contributed by atoms with Crippen LogP contribution in [0.3, 0.4) is 0 Å². The van der Waals surface area contributed by atoms with Gasteiger partial charge in [-0.05, 0) is 24.6 Å². The van der Waals surface area contributed by atoms with Crippen molar-refractivity contribution in [2.24, 2.45) is 5.73 Å². The average molecular weight is 341 g/mol. The number of amides is 1. The van der Waals surface area contributed by atoms with Crippen LogP contribution in [0.4, 0.5) is 13.2 Å². The lowest BCUT2D eigenvalue weighted by Gasteiger charge is -2.18. The topological polar surface area (TPSA) is 64.3 Å². The molecule has 8 heteroatoms. The maximum Gasteiger partial charge on any atom is 0.416 e. The minimum absolute atomic E-state index is 0. The smallest absolute Gasteiger partial charge is 0.380 e. The molecule has 4 nitrogen and oxygen atoms in total. The van der Waals surface area contributed by atoms with E-state index in [0.717, 1.165) is 12.1 Å². The third kappa shape index (κ3) is 6.21. The number of carbonyl (C=O) groups excluding carboxylic acids is 1. The van der Waals surface area contributed by atoms with Gasteiger partial charge < -0.3 is 15.8 Å². The highest BCUT2D eigenvalue weighted by Crippen LogP contribution is 2.30. The fourth-order valence-corrected chi connectivity index (χ4v) is 1.84. The van der Waals surface area contributed by atoms with Crippen molar-refractivity contribution in [1.82, 2.24) is 5.32 Å². The summed E-state index contributed by atoms with van der Waals surface area (Å²) in [7, 11) is 1.45. The number of hydrogen-bond acceptors (Lipinski definition) is 3. The van der Waals surface area contributed by atoms with E-state index < -0.39 is 23.9 Å². The largest absolute Gasteiger partial charge is 0.416 e. The number of methoxy groups -OCH3 is 1. The number of alkyl halides is 3. The highest BCUT2D eigenvalue weighted by Gasteiger charge is 2.30. The zero-order chi connectivity index (χ0) is 16.0. The molecule has 1 rings (SSSR count). The summed E-state index contributed by atoms with van der Waals surface area (Å²) in [5.74, 6) is -0.322. The molecular weight excluding hydrogens is 321 g/mol. The van der Waals surface area contributed by atoms with Gasteiger partial charge in [-0.1, -0.05) is 12.1 Å². The SMILES string of the molecule is COC(CN)CC(=O)NC(C)c1cccc(C(F)(F)F)c1.Cl. The molecule has 0 saturated heterocycles. The fraction of sp³-hybridized carbons (Fsp3) is 0.500. The summed E-state index contributed by atoms with van der Waals surface area (Å²) in [5.41, 5.74) is 5.06. The van der Waals surface area contributed by atoms with Gasteiger partial charge >= 0.3 is 6.18 Å². The molecule has 0 aliphatic rings. The Bertz CT molecular complexity index is 479. The molecule has 1 aromatic carbocycles. The molecule has 22 heavy (non-hydrogen) atoms. The quantitative estimate of drug-likeness (QED) is 0.836. The monoisotopic (exact) mass is 340 g/mol. The van der Waals surface area contributed by atoms with Crippen LogP contribution in [0.25, 0.3) is 0 Å². The maximum absolute atomic E-state index is 12.6. The molecule has 126 valence electrons. The number of benzene rings is 1. The van der Waals surface area contributed by atoms with Gasteiger partial charge in [-0.2, -0.15) is 13.2 Å². The van der Waals surface area contributed by atoms with E-state index in [-0.39, 0.29) is 31.3 Å². The second-order valence-corrected chi connectivity index (χ2v) is 4.71. The van der Waals surface area contributed by atoms with E-state index in [2.05, 4.69) is 5.32 Å². The first-order valence-electron chi connectivity index (χ1n) is 6.47. The van der Waals surface area contributed by atoms with Crippen LogP contribution < -0.4 is 11.1 Å². The van der Waals surface area contributed by atoms with E-state index in [0.29, 0.717) is 5.56 Å². The third-order valence-electron chi connectivity index (χ3n) is 3.10.